The first-order chi connectivity index (χ1) is 15.7. The molecule has 0 fully saturated rings. The van der Waals surface area contributed by atoms with Crippen LogP contribution in [0.3, 0.4) is 0 Å². The molecule has 7 nitrogen and oxygen atoms in total. The van der Waals surface area contributed by atoms with E-state index in [4.69, 9.17) is 9.47 Å². The molecule has 0 bridgehead atoms. The van der Waals surface area contributed by atoms with Gasteiger partial charge in [-0.05, 0) is 53.6 Å². The van der Waals surface area contributed by atoms with Crippen LogP contribution in [0.15, 0.2) is 54.9 Å². The smallest absolute Gasteiger partial charge is 0.256 e. The average Bonchev–Trinajstić information content (AvgIpc) is 3.37. The van der Waals surface area contributed by atoms with Crippen LogP contribution in [0.25, 0.3) is 34.7 Å². The summed E-state index contributed by atoms with van der Waals surface area (Å²) in [6.45, 7) is 0. The van der Waals surface area contributed by atoms with E-state index in [9.17, 15) is 4.79 Å². The van der Waals surface area contributed by atoms with Gasteiger partial charge in [-0.1, -0.05) is 12.1 Å². The van der Waals surface area contributed by atoms with Gasteiger partial charge in [-0.15, -0.1) is 0 Å². The largest absolute Gasteiger partial charge is 0.493 e. The van der Waals surface area contributed by atoms with Crippen molar-refractivity contribution >= 4 is 46.3 Å². The van der Waals surface area contributed by atoms with E-state index in [-0.39, 0.29) is 5.91 Å². The maximum Gasteiger partial charge on any atom is 0.256 e. The molecule has 5 rings (SSSR count). The number of aromatic nitrogens is 3. The zero-order valence-corrected chi connectivity index (χ0v) is 17.5. The van der Waals surface area contributed by atoms with Crippen molar-refractivity contribution in [3.05, 3.63) is 77.2 Å². The van der Waals surface area contributed by atoms with Crippen LogP contribution in [0, 0.1) is 0 Å². The van der Waals surface area contributed by atoms with Gasteiger partial charge in [0.1, 0.15) is 0 Å². The summed E-state index contributed by atoms with van der Waals surface area (Å²) in [5, 5.41) is 11.4. The van der Waals surface area contributed by atoms with Crippen LogP contribution < -0.4 is 14.8 Å². The number of ether oxygens (including phenoxy) is 2. The highest BCUT2D eigenvalue weighted by molar-refractivity contribution is 6.35. The molecule has 0 atom stereocenters. The number of aromatic amines is 1. The van der Waals surface area contributed by atoms with Gasteiger partial charge in [0.15, 0.2) is 11.5 Å². The Morgan fingerprint density at radius 1 is 0.906 bits per heavy atom. The van der Waals surface area contributed by atoms with Crippen LogP contribution >= 0.6 is 0 Å². The first-order valence-electron chi connectivity index (χ1n) is 10.0. The van der Waals surface area contributed by atoms with E-state index in [1.54, 1.807) is 32.7 Å². The van der Waals surface area contributed by atoms with Gasteiger partial charge in [0.25, 0.3) is 5.91 Å². The zero-order chi connectivity index (χ0) is 22.1. The molecule has 0 radical (unpaired) electrons. The number of hydrogen-bond acceptors (Lipinski definition) is 5. The molecule has 3 heterocycles. The highest BCUT2D eigenvalue weighted by Crippen LogP contribution is 2.41. The second-order valence-electron chi connectivity index (χ2n) is 7.29. The van der Waals surface area contributed by atoms with Crippen LogP contribution in [-0.2, 0) is 4.79 Å². The molecule has 32 heavy (non-hydrogen) atoms. The van der Waals surface area contributed by atoms with E-state index >= 15 is 0 Å². The first-order valence-corrected chi connectivity index (χ1v) is 10.0. The van der Waals surface area contributed by atoms with Gasteiger partial charge in [-0.25, -0.2) is 0 Å². The summed E-state index contributed by atoms with van der Waals surface area (Å²) in [6, 6.07) is 13.4. The summed E-state index contributed by atoms with van der Waals surface area (Å²) in [5.41, 5.74) is 5.71. The van der Waals surface area contributed by atoms with Gasteiger partial charge in [0.2, 0.25) is 0 Å². The van der Waals surface area contributed by atoms with Crippen LogP contribution in [-0.4, -0.2) is 35.3 Å². The Balaban J connectivity index is 1.49. The molecule has 2 aromatic carbocycles. The number of pyridine rings is 1. The van der Waals surface area contributed by atoms with Crippen molar-refractivity contribution in [2.24, 2.45) is 0 Å². The lowest BCUT2D eigenvalue weighted by Gasteiger charge is -2.09. The predicted octanol–water partition coefficient (Wildman–Crippen LogP) is 4.64. The molecule has 0 unspecified atom stereocenters. The molecular weight excluding hydrogens is 404 g/mol. The highest BCUT2D eigenvalue weighted by Gasteiger charge is 2.26. The minimum absolute atomic E-state index is 0.166. The fourth-order valence-corrected chi connectivity index (χ4v) is 3.75. The Labute approximate surface area is 184 Å². The van der Waals surface area contributed by atoms with E-state index in [1.807, 2.05) is 54.6 Å². The van der Waals surface area contributed by atoms with E-state index in [0.29, 0.717) is 22.8 Å². The average molecular weight is 424 g/mol. The Morgan fingerprint density at radius 3 is 2.47 bits per heavy atom. The molecule has 7 heteroatoms. The van der Waals surface area contributed by atoms with Crippen molar-refractivity contribution in [2.45, 2.75) is 0 Å². The lowest BCUT2D eigenvalue weighted by Crippen LogP contribution is -2.03. The third-order valence-electron chi connectivity index (χ3n) is 5.37. The van der Waals surface area contributed by atoms with Crippen molar-refractivity contribution in [2.75, 3.05) is 19.5 Å². The molecule has 0 saturated heterocycles. The number of nitrogens with one attached hydrogen (secondary N) is 2. The number of anilines is 1. The summed E-state index contributed by atoms with van der Waals surface area (Å²) >= 11 is 0. The minimum Gasteiger partial charge on any atom is -0.493 e. The van der Waals surface area contributed by atoms with E-state index in [2.05, 4.69) is 20.5 Å². The minimum atomic E-state index is -0.166. The number of amides is 1. The fourth-order valence-electron chi connectivity index (χ4n) is 3.75. The molecule has 0 spiro atoms. The molecule has 4 aromatic rings. The third-order valence-corrected chi connectivity index (χ3v) is 5.37. The standard InChI is InChI=1S/C25H20N4O3/c1-31-23-13-18-19(25(30)27-21(18)14-24(23)32-2)11-16-3-5-17-20(28-29-22(17)12-16)6-4-15-7-9-26-10-8-15/h3-14H,1-2H3,(H,27,30)(H,28,29). The molecule has 1 aliphatic heterocycles. The van der Waals surface area contributed by atoms with Crippen molar-refractivity contribution in [1.29, 1.82) is 0 Å². The van der Waals surface area contributed by atoms with Crippen molar-refractivity contribution in [1.82, 2.24) is 15.2 Å². The number of hydrogen-bond donors (Lipinski definition) is 2. The maximum atomic E-state index is 12.6. The predicted molar refractivity (Wildman–Crippen MR) is 125 cm³/mol. The molecule has 0 aliphatic carbocycles. The lowest BCUT2D eigenvalue weighted by atomic mass is 10.0. The van der Waals surface area contributed by atoms with Crippen molar-refractivity contribution < 1.29 is 14.3 Å². The Bertz CT molecular complexity index is 1390. The van der Waals surface area contributed by atoms with Crippen LogP contribution in [0.4, 0.5) is 5.69 Å². The molecule has 0 saturated carbocycles. The third kappa shape index (κ3) is 3.50. The fraction of sp³-hybridized carbons (Fsp3) is 0.0800. The lowest BCUT2D eigenvalue weighted by molar-refractivity contribution is -0.110. The number of carbonyl (C=O) groups is 1. The summed E-state index contributed by atoms with van der Waals surface area (Å²) in [7, 11) is 3.14. The van der Waals surface area contributed by atoms with Gasteiger partial charge in [0, 0.05) is 35.0 Å². The molecule has 158 valence electrons. The summed E-state index contributed by atoms with van der Waals surface area (Å²) < 4.78 is 10.7. The molecular formula is C25H20N4O3. The zero-order valence-electron chi connectivity index (χ0n) is 17.5. The van der Waals surface area contributed by atoms with Gasteiger partial charge < -0.3 is 14.8 Å². The van der Waals surface area contributed by atoms with Gasteiger partial charge in [-0.3, -0.25) is 14.9 Å². The van der Waals surface area contributed by atoms with E-state index < -0.39 is 0 Å². The first kappa shape index (κ1) is 19.6. The number of rotatable bonds is 5. The summed E-state index contributed by atoms with van der Waals surface area (Å²) in [4.78, 5) is 16.7. The van der Waals surface area contributed by atoms with Crippen molar-refractivity contribution in [3.8, 4) is 11.5 Å². The topological polar surface area (TPSA) is 89.1 Å². The number of benzene rings is 2. The highest BCUT2D eigenvalue weighted by atomic mass is 16.5. The molecule has 1 amide bonds. The second-order valence-corrected chi connectivity index (χ2v) is 7.29. The molecule has 2 aromatic heterocycles. The maximum absolute atomic E-state index is 12.6. The van der Waals surface area contributed by atoms with Crippen LogP contribution in [0.1, 0.15) is 22.4 Å². The number of carbonyl (C=O) groups excluding carboxylic acids is 1. The van der Waals surface area contributed by atoms with Crippen LogP contribution in [0.5, 0.6) is 11.5 Å². The second kappa shape index (κ2) is 8.03. The Hall–Kier alpha value is -4.39. The molecule has 1 aliphatic rings. The number of nitrogens with zero attached hydrogens (tertiary/aromatic N) is 2. The Kier molecular flexibility index (Phi) is 4.91. The Morgan fingerprint density at radius 2 is 1.69 bits per heavy atom. The van der Waals surface area contributed by atoms with E-state index in [0.717, 1.165) is 33.3 Å². The number of H-pyrrole nitrogens is 1. The van der Waals surface area contributed by atoms with Crippen LogP contribution in [0.2, 0.25) is 0 Å². The van der Waals surface area contributed by atoms with Crippen molar-refractivity contribution in [3.63, 3.8) is 0 Å². The van der Waals surface area contributed by atoms with Gasteiger partial charge >= 0.3 is 0 Å². The summed E-state index contributed by atoms with van der Waals surface area (Å²) in [5.74, 6) is 0.975. The van der Waals surface area contributed by atoms with Gasteiger partial charge in [-0.2, -0.15) is 5.10 Å². The number of methoxy groups -OCH3 is 2. The van der Waals surface area contributed by atoms with E-state index in [1.165, 1.54) is 0 Å². The monoisotopic (exact) mass is 424 g/mol. The normalized spacial score (nSPS) is 14.2. The number of fused-ring (bicyclic) bond motifs is 2. The summed E-state index contributed by atoms with van der Waals surface area (Å²) in [6.07, 6.45) is 9.33. The molecule has 2 N–H and O–H groups in total. The quantitative estimate of drug-likeness (QED) is 0.456. The SMILES string of the molecule is COc1cc2c(cc1OC)C(=Cc1ccc3c(C=Cc4ccncc4)n[nH]c3c1)C(=O)N2. The van der Waals surface area contributed by atoms with Gasteiger partial charge in [0.05, 0.1) is 31.1 Å².